The monoisotopic (exact) mass is 517 g/mol. The second kappa shape index (κ2) is 10.6. The van der Waals surface area contributed by atoms with Gasteiger partial charge in [0.05, 0.1) is 17.6 Å². The Hall–Kier alpha value is -3.92. The fraction of sp³-hybridized carbons (Fsp3) is 0.444. The number of carbonyl (C=O) groups is 2. The zero-order valence-electron chi connectivity index (χ0n) is 17.8. The molecule has 0 saturated heterocycles. The molecule has 1 N–H and O–H groups in total. The summed E-state index contributed by atoms with van der Waals surface area (Å²) in [7, 11) is 1.02. The van der Waals surface area contributed by atoms with Crippen LogP contribution in [0, 0.1) is 5.21 Å². The van der Waals surface area contributed by atoms with Gasteiger partial charge in [0.2, 0.25) is 11.4 Å². The summed E-state index contributed by atoms with van der Waals surface area (Å²) in [5.41, 5.74) is -1.47. The molecule has 0 aromatic heterocycles. The molecule has 0 bridgehead atoms. The average molecular weight is 517 g/mol. The summed E-state index contributed by atoms with van der Waals surface area (Å²) in [4.78, 5) is 26.8. The number of carboxylic acids is 1. The molecular formula is C18H17F6N3O8. The van der Waals surface area contributed by atoms with Gasteiger partial charge >= 0.3 is 24.5 Å². The summed E-state index contributed by atoms with van der Waals surface area (Å²) in [6, 6.07) is 1.60. The Balaban J connectivity index is 2.28. The highest BCUT2D eigenvalue weighted by Gasteiger charge is 2.49. The van der Waals surface area contributed by atoms with Gasteiger partial charge in [0.25, 0.3) is 6.79 Å². The van der Waals surface area contributed by atoms with Crippen LogP contribution in [0.25, 0.3) is 6.08 Å². The summed E-state index contributed by atoms with van der Waals surface area (Å²) in [5.74, 6) is -4.15. The Morgan fingerprint density at radius 3 is 2.46 bits per heavy atom. The number of hydrazine groups is 1. The lowest BCUT2D eigenvalue weighted by atomic mass is 9.97. The zero-order chi connectivity index (χ0) is 26.6. The number of rotatable bonds is 9. The Bertz CT molecular complexity index is 1020. The van der Waals surface area contributed by atoms with Crippen molar-refractivity contribution in [1.29, 1.82) is 0 Å². The fourth-order valence-electron chi connectivity index (χ4n) is 2.78. The van der Waals surface area contributed by atoms with Gasteiger partial charge in [-0.3, -0.25) is 4.79 Å². The molecule has 35 heavy (non-hydrogen) atoms. The van der Waals surface area contributed by atoms with Crippen molar-refractivity contribution in [1.82, 2.24) is 5.01 Å². The Morgan fingerprint density at radius 1 is 1.26 bits per heavy atom. The lowest BCUT2D eigenvalue weighted by Gasteiger charge is -2.29. The molecule has 0 saturated carbocycles. The third-order valence-corrected chi connectivity index (χ3v) is 4.17. The number of carboxylic acid groups (broad SMARTS) is 1. The number of ether oxygens (including phenoxy) is 3. The second-order valence-electron chi connectivity index (χ2n) is 6.76. The van der Waals surface area contributed by atoms with Crippen LogP contribution in [0.15, 0.2) is 23.0 Å². The van der Waals surface area contributed by atoms with Crippen LogP contribution in [-0.2, 0) is 25.6 Å². The lowest BCUT2D eigenvalue weighted by molar-refractivity contribution is -0.704. The number of fused-ring (bicyclic) bond motifs is 1. The number of likely N-dealkylation sites (N-methyl/N-ethyl adjacent to an activating group) is 1. The van der Waals surface area contributed by atoms with Gasteiger partial charge in [-0.25, -0.2) is 4.79 Å². The van der Waals surface area contributed by atoms with Crippen molar-refractivity contribution in [3.63, 3.8) is 0 Å². The smallest absolute Gasteiger partial charge is 0.569 e. The van der Waals surface area contributed by atoms with E-state index in [2.05, 4.69) is 19.6 Å². The number of aryl methyl sites for hydroxylation is 1. The third-order valence-electron chi connectivity index (χ3n) is 4.17. The first-order chi connectivity index (χ1) is 16.1. The predicted octanol–water partition coefficient (Wildman–Crippen LogP) is 3.18. The lowest BCUT2D eigenvalue weighted by Crippen LogP contribution is -2.41. The number of benzene rings is 1. The second-order valence-corrected chi connectivity index (χ2v) is 6.76. The maximum absolute atomic E-state index is 13.6. The van der Waals surface area contributed by atoms with Crippen LogP contribution in [0.5, 0.6) is 11.5 Å². The first-order valence-electron chi connectivity index (χ1n) is 9.40. The van der Waals surface area contributed by atoms with E-state index in [0.717, 1.165) is 19.2 Å². The van der Waals surface area contributed by atoms with Crippen LogP contribution in [0.1, 0.15) is 18.1 Å². The minimum atomic E-state index is -5.12. The number of carbonyl (C=O) groups excluding carboxylic acids is 1. The van der Waals surface area contributed by atoms with E-state index in [9.17, 15) is 41.1 Å². The number of aliphatic carboxylic acids is 1. The molecule has 1 heterocycles. The minimum Gasteiger partial charge on any atom is -0.569 e. The summed E-state index contributed by atoms with van der Waals surface area (Å²) in [6.45, 7) is -0.474. The van der Waals surface area contributed by atoms with Gasteiger partial charge in [-0.2, -0.15) is 13.2 Å². The van der Waals surface area contributed by atoms with Crippen molar-refractivity contribution in [2.75, 3.05) is 20.4 Å². The van der Waals surface area contributed by atoms with Gasteiger partial charge in [0, 0.05) is 5.56 Å². The Kier molecular flexibility index (Phi) is 8.24. The van der Waals surface area contributed by atoms with E-state index in [-0.39, 0.29) is 22.5 Å². The fourth-order valence-corrected chi connectivity index (χ4v) is 2.78. The van der Waals surface area contributed by atoms with Crippen molar-refractivity contribution in [2.24, 2.45) is 5.28 Å². The average Bonchev–Trinajstić information content (AvgIpc) is 2.72. The van der Waals surface area contributed by atoms with E-state index in [0.29, 0.717) is 11.1 Å². The number of nitrogens with zero attached hydrogens (tertiary/aromatic N) is 3. The normalized spacial score (nSPS) is 15.9. The highest BCUT2D eigenvalue weighted by Crippen LogP contribution is 2.42. The SMILES string of the molecule is CCc1cc(OC(F)(F)F)cc2c1O[C@H](C(F)(F)F)C(C(=O)OCO/N=[N+](\[O-])N(C)CC(=O)O)=C2. The van der Waals surface area contributed by atoms with Crippen LogP contribution < -0.4 is 9.47 Å². The number of halogens is 6. The van der Waals surface area contributed by atoms with E-state index in [1.54, 1.807) is 0 Å². The molecule has 0 aliphatic carbocycles. The molecule has 1 aliphatic heterocycles. The number of alkyl halides is 6. The molecule has 11 nitrogen and oxygen atoms in total. The van der Waals surface area contributed by atoms with Crippen LogP contribution >= 0.6 is 0 Å². The Morgan fingerprint density at radius 2 is 1.91 bits per heavy atom. The van der Waals surface area contributed by atoms with Gasteiger partial charge in [-0.15, -0.1) is 18.2 Å². The maximum Gasteiger partial charge on any atom is 0.573 e. The molecular weight excluding hydrogens is 500 g/mol. The summed E-state index contributed by atoms with van der Waals surface area (Å²) < 4.78 is 91.8. The van der Waals surface area contributed by atoms with Crippen molar-refractivity contribution >= 4 is 18.0 Å². The molecule has 0 amide bonds. The molecule has 1 aliphatic rings. The van der Waals surface area contributed by atoms with E-state index in [1.165, 1.54) is 6.92 Å². The quantitative estimate of drug-likeness (QED) is 0.0997. The Labute approximate surface area is 192 Å². The van der Waals surface area contributed by atoms with Gasteiger partial charge < -0.3 is 29.4 Å². The first kappa shape index (κ1) is 27.3. The zero-order valence-corrected chi connectivity index (χ0v) is 17.8. The molecule has 194 valence electrons. The van der Waals surface area contributed by atoms with Crippen molar-refractivity contribution in [2.45, 2.75) is 32.0 Å². The highest BCUT2D eigenvalue weighted by atomic mass is 19.4. The van der Waals surface area contributed by atoms with E-state index < -0.39 is 61.0 Å². The van der Waals surface area contributed by atoms with Crippen LogP contribution in [0.2, 0.25) is 0 Å². The minimum absolute atomic E-state index is 0.0209. The van der Waals surface area contributed by atoms with E-state index in [4.69, 9.17) is 9.84 Å². The molecule has 0 unspecified atom stereocenters. The third kappa shape index (κ3) is 7.54. The molecule has 0 radical (unpaired) electrons. The molecule has 1 atom stereocenters. The van der Waals surface area contributed by atoms with E-state index >= 15 is 0 Å². The van der Waals surface area contributed by atoms with Crippen LogP contribution in [0.3, 0.4) is 0 Å². The van der Waals surface area contributed by atoms with Crippen molar-refractivity contribution in [3.05, 3.63) is 34.0 Å². The highest BCUT2D eigenvalue weighted by molar-refractivity contribution is 5.96. The number of hydrogen-bond acceptors (Lipinski definition) is 8. The first-order valence-corrected chi connectivity index (χ1v) is 9.40. The van der Waals surface area contributed by atoms with Crippen LogP contribution in [-0.4, -0.2) is 66.1 Å². The van der Waals surface area contributed by atoms with Gasteiger partial charge in [0.1, 0.15) is 11.5 Å². The van der Waals surface area contributed by atoms with Crippen molar-refractivity contribution in [3.8, 4) is 11.5 Å². The molecule has 0 fully saturated rings. The summed E-state index contributed by atoms with van der Waals surface area (Å²) >= 11 is 0. The molecule has 1 aromatic carbocycles. The van der Waals surface area contributed by atoms with Gasteiger partial charge in [-0.05, 0) is 30.2 Å². The molecule has 2 rings (SSSR count). The van der Waals surface area contributed by atoms with Crippen LogP contribution in [0.4, 0.5) is 26.3 Å². The molecule has 1 aromatic rings. The summed E-state index contributed by atoms with van der Waals surface area (Å²) in [6.07, 6.45) is -12.4. The molecule has 0 spiro atoms. The van der Waals surface area contributed by atoms with Gasteiger partial charge in [-0.1, -0.05) is 6.92 Å². The largest absolute Gasteiger partial charge is 0.573 e. The van der Waals surface area contributed by atoms with Crippen molar-refractivity contribution < 1.29 is 65.1 Å². The summed E-state index contributed by atoms with van der Waals surface area (Å²) in [5, 5.41) is 23.3. The standard InChI is InChI=1S/C18H17F6N3O8/c1-3-9-4-11(35-18(22,23)24)5-10-6-12(15(17(19,20)21)34-14(9)10)16(30)32-8-33-25-27(31)26(2)7-13(28)29/h4-6,15H,3,7-8H2,1-2H3,(H,28,29)/b27-25-/t15-/m0/s1. The predicted molar refractivity (Wildman–Crippen MR) is 99.3 cm³/mol. The number of esters is 1. The van der Waals surface area contributed by atoms with Gasteiger partial charge in [0.15, 0.2) is 6.54 Å². The molecule has 17 heteroatoms. The maximum atomic E-state index is 13.6. The number of hydrogen-bond donors (Lipinski definition) is 1. The topological polar surface area (TPSA) is 133 Å². The van der Waals surface area contributed by atoms with E-state index in [1.807, 2.05) is 0 Å².